The third kappa shape index (κ3) is 2.76. The number of hydrogen-bond acceptors (Lipinski definition) is 3. The van der Waals surface area contributed by atoms with Gasteiger partial charge < -0.3 is 14.7 Å². The molecule has 19 heavy (non-hydrogen) atoms. The molecule has 1 N–H and O–H groups in total. The number of hydrogen-bond donors (Lipinski definition) is 1. The maximum Gasteiger partial charge on any atom is 0.311 e. The molecule has 0 unspecified atom stereocenters. The largest absolute Gasteiger partial charge is 0.481 e. The monoisotopic (exact) mass is 269 g/mol. The predicted molar refractivity (Wildman–Crippen MR) is 69.6 cm³/mol. The van der Waals surface area contributed by atoms with E-state index in [0.717, 1.165) is 6.42 Å². The molecular weight excluding hydrogens is 246 g/mol. The number of ether oxygens (including phenoxy) is 1. The minimum Gasteiger partial charge on any atom is -0.481 e. The van der Waals surface area contributed by atoms with Gasteiger partial charge >= 0.3 is 5.97 Å². The van der Waals surface area contributed by atoms with Crippen LogP contribution in [0.15, 0.2) is 0 Å². The van der Waals surface area contributed by atoms with Gasteiger partial charge in [0.15, 0.2) is 0 Å². The highest BCUT2D eigenvalue weighted by Crippen LogP contribution is 2.42. The summed E-state index contributed by atoms with van der Waals surface area (Å²) in [5.41, 5.74) is -0.772. The van der Waals surface area contributed by atoms with Crippen molar-refractivity contribution in [2.75, 3.05) is 26.3 Å². The van der Waals surface area contributed by atoms with Crippen LogP contribution in [-0.4, -0.2) is 48.2 Å². The maximum absolute atomic E-state index is 12.2. The molecule has 2 heterocycles. The first-order valence-electron chi connectivity index (χ1n) is 7.04. The first kappa shape index (κ1) is 14.3. The van der Waals surface area contributed by atoms with Gasteiger partial charge in [0, 0.05) is 32.0 Å². The second kappa shape index (κ2) is 5.49. The molecule has 1 amide bonds. The summed E-state index contributed by atoms with van der Waals surface area (Å²) in [7, 11) is 0. The summed E-state index contributed by atoms with van der Waals surface area (Å²) in [4.78, 5) is 25.5. The smallest absolute Gasteiger partial charge is 0.311 e. The topological polar surface area (TPSA) is 66.8 Å². The van der Waals surface area contributed by atoms with Gasteiger partial charge in [-0.2, -0.15) is 0 Å². The van der Waals surface area contributed by atoms with Gasteiger partial charge in [-0.05, 0) is 18.8 Å². The zero-order chi connectivity index (χ0) is 14.0. The summed E-state index contributed by atoms with van der Waals surface area (Å²) in [6.07, 6.45) is 1.89. The first-order valence-corrected chi connectivity index (χ1v) is 7.04. The van der Waals surface area contributed by atoms with Crippen LogP contribution in [0.4, 0.5) is 0 Å². The summed E-state index contributed by atoms with van der Waals surface area (Å²) >= 11 is 0. The lowest BCUT2D eigenvalue weighted by Crippen LogP contribution is -2.45. The van der Waals surface area contributed by atoms with E-state index in [1.54, 1.807) is 4.90 Å². The lowest BCUT2D eigenvalue weighted by atomic mass is 9.74. The molecule has 0 aliphatic carbocycles. The van der Waals surface area contributed by atoms with E-state index in [-0.39, 0.29) is 11.8 Å². The molecule has 2 saturated heterocycles. The molecule has 5 heteroatoms. The van der Waals surface area contributed by atoms with Crippen LogP contribution in [-0.2, 0) is 14.3 Å². The van der Waals surface area contributed by atoms with Gasteiger partial charge in [-0.3, -0.25) is 9.59 Å². The van der Waals surface area contributed by atoms with E-state index >= 15 is 0 Å². The second-order valence-corrected chi connectivity index (χ2v) is 6.19. The van der Waals surface area contributed by atoms with Crippen LogP contribution < -0.4 is 0 Å². The SMILES string of the molecule is CC(C)CCC(=O)N1C[C@H]2COCC[C@@]2(C(=O)O)C1. The van der Waals surface area contributed by atoms with Crippen molar-refractivity contribution in [1.29, 1.82) is 0 Å². The van der Waals surface area contributed by atoms with Crippen molar-refractivity contribution in [2.45, 2.75) is 33.1 Å². The Balaban J connectivity index is 2.03. The van der Waals surface area contributed by atoms with Gasteiger partial charge in [0.1, 0.15) is 0 Å². The fourth-order valence-corrected chi connectivity index (χ4v) is 3.06. The number of nitrogens with zero attached hydrogens (tertiary/aromatic N) is 1. The van der Waals surface area contributed by atoms with Crippen LogP contribution in [0, 0.1) is 17.3 Å². The Hall–Kier alpha value is -1.10. The Morgan fingerprint density at radius 1 is 1.47 bits per heavy atom. The average molecular weight is 269 g/mol. The molecule has 0 spiro atoms. The van der Waals surface area contributed by atoms with Gasteiger partial charge in [0.25, 0.3) is 0 Å². The summed E-state index contributed by atoms with van der Waals surface area (Å²) in [5.74, 6) is -0.254. The van der Waals surface area contributed by atoms with Crippen molar-refractivity contribution in [2.24, 2.45) is 17.3 Å². The number of carboxylic acid groups (broad SMARTS) is 1. The van der Waals surface area contributed by atoms with Crippen LogP contribution in [0.3, 0.4) is 0 Å². The fraction of sp³-hybridized carbons (Fsp3) is 0.857. The third-order valence-corrected chi connectivity index (χ3v) is 4.42. The minimum absolute atomic E-state index is 0.0539. The molecule has 5 nitrogen and oxygen atoms in total. The molecule has 0 radical (unpaired) electrons. The molecule has 0 aromatic heterocycles. The molecule has 0 bridgehead atoms. The number of fused-ring (bicyclic) bond motifs is 1. The molecule has 2 fully saturated rings. The third-order valence-electron chi connectivity index (χ3n) is 4.42. The van der Waals surface area contributed by atoms with E-state index in [2.05, 4.69) is 13.8 Å². The number of amides is 1. The second-order valence-electron chi connectivity index (χ2n) is 6.19. The fourth-order valence-electron chi connectivity index (χ4n) is 3.06. The van der Waals surface area contributed by atoms with Gasteiger partial charge in [0.2, 0.25) is 5.91 Å². The van der Waals surface area contributed by atoms with Crippen LogP contribution in [0.5, 0.6) is 0 Å². The summed E-state index contributed by atoms with van der Waals surface area (Å²) < 4.78 is 5.38. The van der Waals surface area contributed by atoms with Crippen LogP contribution in [0.1, 0.15) is 33.1 Å². The molecule has 0 aromatic rings. The van der Waals surface area contributed by atoms with Crippen molar-refractivity contribution < 1.29 is 19.4 Å². The summed E-state index contributed by atoms with van der Waals surface area (Å²) in [6.45, 7) is 6.00. The van der Waals surface area contributed by atoms with Crippen molar-refractivity contribution in [1.82, 2.24) is 4.90 Å². The van der Waals surface area contributed by atoms with E-state index in [1.807, 2.05) is 0 Å². The Kier molecular flexibility index (Phi) is 4.13. The average Bonchev–Trinajstić information content (AvgIpc) is 2.76. The molecule has 2 aliphatic rings. The van der Waals surface area contributed by atoms with Gasteiger partial charge in [0.05, 0.1) is 12.0 Å². The van der Waals surface area contributed by atoms with Gasteiger partial charge in [-0.25, -0.2) is 0 Å². The highest BCUT2D eigenvalue weighted by molar-refractivity contribution is 5.81. The van der Waals surface area contributed by atoms with Crippen molar-refractivity contribution in [3.05, 3.63) is 0 Å². The Morgan fingerprint density at radius 2 is 2.21 bits per heavy atom. The lowest BCUT2D eigenvalue weighted by Gasteiger charge is -2.33. The van der Waals surface area contributed by atoms with Crippen LogP contribution in [0.25, 0.3) is 0 Å². The van der Waals surface area contributed by atoms with E-state index in [1.165, 1.54) is 0 Å². The number of likely N-dealkylation sites (tertiary alicyclic amines) is 1. The zero-order valence-electron chi connectivity index (χ0n) is 11.7. The van der Waals surface area contributed by atoms with Crippen LogP contribution in [0.2, 0.25) is 0 Å². The van der Waals surface area contributed by atoms with Crippen molar-refractivity contribution >= 4 is 11.9 Å². The molecule has 2 atom stereocenters. The van der Waals surface area contributed by atoms with Gasteiger partial charge in [-0.15, -0.1) is 0 Å². The number of rotatable bonds is 4. The highest BCUT2D eigenvalue weighted by Gasteiger charge is 2.54. The molecule has 0 aromatic carbocycles. The molecular formula is C14H23NO4. The summed E-state index contributed by atoms with van der Waals surface area (Å²) in [5, 5.41) is 9.52. The maximum atomic E-state index is 12.2. The number of aliphatic carboxylic acids is 1. The molecule has 0 saturated carbocycles. The Labute approximate surface area is 113 Å². The van der Waals surface area contributed by atoms with E-state index in [0.29, 0.717) is 45.1 Å². The van der Waals surface area contributed by atoms with Crippen molar-refractivity contribution in [3.8, 4) is 0 Å². The van der Waals surface area contributed by atoms with E-state index in [4.69, 9.17) is 4.74 Å². The number of carbonyl (C=O) groups is 2. The quantitative estimate of drug-likeness (QED) is 0.837. The van der Waals surface area contributed by atoms with Gasteiger partial charge in [-0.1, -0.05) is 13.8 Å². The van der Waals surface area contributed by atoms with Crippen LogP contribution >= 0.6 is 0 Å². The normalized spacial score (nSPS) is 30.5. The predicted octanol–water partition coefficient (Wildman–Crippen LogP) is 1.37. The first-order chi connectivity index (χ1) is 8.95. The number of carboxylic acids is 1. The standard InChI is InChI=1S/C14H23NO4/c1-10(2)3-4-12(16)15-7-11-8-19-6-5-14(11,9-15)13(17)18/h10-11H,3-9H2,1-2H3,(H,17,18)/t11-,14+/m0/s1. The van der Waals surface area contributed by atoms with E-state index < -0.39 is 11.4 Å². The molecule has 2 rings (SSSR count). The zero-order valence-corrected chi connectivity index (χ0v) is 11.7. The molecule has 2 aliphatic heterocycles. The van der Waals surface area contributed by atoms with E-state index in [9.17, 15) is 14.7 Å². The molecule has 108 valence electrons. The Bertz CT molecular complexity index is 368. The minimum atomic E-state index is -0.778. The number of carbonyl (C=O) groups excluding carboxylic acids is 1. The Morgan fingerprint density at radius 3 is 2.79 bits per heavy atom. The lowest BCUT2D eigenvalue weighted by molar-refractivity contribution is -0.157. The highest BCUT2D eigenvalue weighted by atomic mass is 16.5. The summed E-state index contributed by atoms with van der Waals surface area (Å²) in [6, 6.07) is 0. The van der Waals surface area contributed by atoms with Crippen molar-refractivity contribution in [3.63, 3.8) is 0 Å².